The minimum atomic E-state index is -0.634. The van der Waals surface area contributed by atoms with E-state index in [9.17, 15) is 5.11 Å². The van der Waals surface area contributed by atoms with Crippen LogP contribution < -0.4 is 0 Å². The summed E-state index contributed by atoms with van der Waals surface area (Å²) in [7, 11) is 0. The van der Waals surface area contributed by atoms with Crippen LogP contribution in [0.5, 0.6) is 0 Å². The van der Waals surface area contributed by atoms with E-state index in [4.69, 9.17) is 6.42 Å². The van der Waals surface area contributed by atoms with E-state index in [1.54, 1.807) is 0 Å². The Balaban J connectivity index is 4.35. The molecule has 12 heavy (non-hydrogen) atoms. The highest BCUT2D eigenvalue weighted by Crippen LogP contribution is 2.28. The van der Waals surface area contributed by atoms with Crippen molar-refractivity contribution in [3.63, 3.8) is 0 Å². The molecule has 0 amide bonds. The van der Waals surface area contributed by atoms with Gasteiger partial charge in [-0.2, -0.15) is 0 Å². The monoisotopic (exact) mass is 168 g/mol. The fraction of sp³-hybridized carbons (Fsp3) is 0.818. The van der Waals surface area contributed by atoms with Crippen LogP contribution in [-0.2, 0) is 0 Å². The number of hydrogen-bond donors (Lipinski definition) is 1. The minimum Gasteiger partial charge on any atom is -0.389 e. The molecule has 0 aliphatic rings. The molecule has 0 rings (SSSR count). The average Bonchev–Trinajstić information content (AvgIpc) is 2.13. The highest BCUT2D eigenvalue weighted by Gasteiger charge is 2.30. The second kappa shape index (κ2) is 5.22. The first kappa shape index (κ1) is 11.5. The predicted octanol–water partition coefficient (Wildman–Crippen LogP) is 2.59. The van der Waals surface area contributed by atoms with Gasteiger partial charge < -0.3 is 5.11 Å². The summed E-state index contributed by atoms with van der Waals surface area (Å²) in [5.41, 5.74) is -0.634. The first-order valence-corrected chi connectivity index (χ1v) is 4.83. The highest BCUT2D eigenvalue weighted by atomic mass is 16.3. The highest BCUT2D eigenvalue weighted by molar-refractivity contribution is 5.02. The number of hydrogen-bond acceptors (Lipinski definition) is 1. The van der Waals surface area contributed by atoms with Gasteiger partial charge in [0.05, 0.1) is 5.60 Å². The van der Waals surface area contributed by atoms with Crippen LogP contribution in [0.1, 0.15) is 46.5 Å². The first-order valence-electron chi connectivity index (χ1n) is 4.83. The lowest BCUT2D eigenvalue weighted by Gasteiger charge is -2.31. The minimum absolute atomic E-state index is 0.0255. The third kappa shape index (κ3) is 2.53. The van der Waals surface area contributed by atoms with Crippen molar-refractivity contribution < 1.29 is 5.11 Å². The van der Waals surface area contributed by atoms with E-state index >= 15 is 0 Å². The molecular formula is C11H20O. The summed E-state index contributed by atoms with van der Waals surface area (Å²) in [6, 6.07) is 0. The molecule has 0 heterocycles. The molecule has 1 heteroatoms. The van der Waals surface area contributed by atoms with Gasteiger partial charge in [-0.1, -0.05) is 27.2 Å². The van der Waals surface area contributed by atoms with Crippen molar-refractivity contribution in [1.29, 1.82) is 0 Å². The predicted molar refractivity (Wildman–Crippen MR) is 52.8 cm³/mol. The van der Waals surface area contributed by atoms with Crippen LogP contribution in [0.3, 0.4) is 0 Å². The van der Waals surface area contributed by atoms with Gasteiger partial charge in [0, 0.05) is 5.92 Å². The molecular weight excluding hydrogens is 148 g/mol. The molecule has 0 aliphatic carbocycles. The summed E-state index contributed by atoms with van der Waals surface area (Å²) in [6.07, 6.45) is 8.85. The van der Waals surface area contributed by atoms with Crippen molar-refractivity contribution in [1.82, 2.24) is 0 Å². The maximum absolute atomic E-state index is 10.1. The molecule has 1 N–H and O–H groups in total. The van der Waals surface area contributed by atoms with E-state index in [-0.39, 0.29) is 5.92 Å². The van der Waals surface area contributed by atoms with Crippen LogP contribution in [0.15, 0.2) is 0 Å². The molecule has 0 aromatic carbocycles. The summed E-state index contributed by atoms with van der Waals surface area (Å²) in [6.45, 7) is 6.07. The molecule has 0 aliphatic heterocycles. The van der Waals surface area contributed by atoms with Gasteiger partial charge in [-0.05, 0) is 19.3 Å². The van der Waals surface area contributed by atoms with Crippen molar-refractivity contribution in [3.8, 4) is 12.3 Å². The molecule has 1 atom stereocenters. The molecule has 0 saturated heterocycles. The number of aliphatic hydroxyl groups is 1. The van der Waals surface area contributed by atoms with Gasteiger partial charge in [0.1, 0.15) is 0 Å². The Bertz CT molecular complexity index is 151. The van der Waals surface area contributed by atoms with E-state index in [1.807, 2.05) is 13.8 Å². The van der Waals surface area contributed by atoms with Gasteiger partial charge in [0.25, 0.3) is 0 Å². The molecule has 0 aromatic rings. The summed E-state index contributed by atoms with van der Waals surface area (Å²) in [5, 5.41) is 10.1. The van der Waals surface area contributed by atoms with Gasteiger partial charge >= 0.3 is 0 Å². The maximum atomic E-state index is 10.1. The molecule has 0 aromatic heterocycles. The quantitative estimate of drug-likeness (QED) is 0.626. The fourth-order valence-electron chi connectivity index (χ4n) is 1.54. The van der Waals surface area contributed by atoms with E-state index in [0.717, 1.165) is 25.7 Å². The maximum Gasteiger partial charge on any atom is 0.0779 e. The van der Waals surface area contributed by atoms with E-state index < -0.39 is 5.60 Å². The van der Waals surface area contributed by atoms with Crippen LogP contribution >= 0.6 is 0 Å². The van der Waals surface area contributed by atoms with Gasteiger partial charge in [-0.25, -0.2) is 0 Å². The Morgan fingerprint density at radius 1 is 1.33 bits per heavy atom. The van der Waals surface area contributed by atoms with Crippen molar-refractivity contribution in [2.45, 2.75) is 52.1 Å². The Morgan fingerprint density at radius 3 is 2.08 bits per heavy atom. The lowest BCUT2D eigenvalue weighted by molar-refractivity contribution is -0.00750. The van der Waals surface area contributed by atoms with Crippen LogP contribution in [0.4, 0.5) is 0 Å². The van der Waals surface area contributed by atoms with E-state index in [0.29, 0.717) is 0 Å². The molecule has 0 radical (unpaired) electrons. The van der Waals surface area contributed by atoms with Crippen molar-refractivity contribution >= 4 is 0 Å². The first-order chi connectivity index (χ1) is 5.64. The average molecular weight is 168 g/mol. The molecule has 0 fully saturated rings. The summed E-state index contributed by atoms with van der Waals surface area (Å²) in [5.74, 6) is 2.72. The standard InChI is InChI=1S/C11H20O/c1-5-9-10(6-2)11(12,7-3)8-4/h2,10,12H,5,7-9H2,1,3-4H3. The topological polar surface area (TPSA) is 20.2 Å². The lowest BCUT2D eigenvalue weighted by Crippen LogP contribution is -2.35. The summed E-state index contributed by atoms with van der Waals surface area (Å²) >= 11 is 0. The second-order valence-electron chi connectivity index (χ2n) is 3.32. The molecule has 0 spiro atoms. The van der Waals surface area contributed by atoms with Crippen molar-refractivity contribution in [2.75, 3.05) is 0 Å². The Morgan fingerprint density at radius 2 is 1.83 bits per heavy atom. The van der Waals surface area contributed by atoms with Gasteiger partial charge in [-0.15, -0.1) is 12.3 Å². The number of rotatable bonds is 5. The van der Waals surface area contributed by atoms with E-state index in [2.05, 4.69) is 12.8 Å². The SMILES string of the molecule is C#CC(CCC)C(O)(CC)CC. The van der Waals surface area contributed by atoms with Crippen molar-refractivity contribution in [3.05, 3.63) is 0 Å². The number of terminal acetylenes is 1. The summed E-state index contributed by atoms with van der Waals surface area (Å²) < 4.78 is 0. The zero-order valence-corrected chi connectivity index (χ0v) is 8.43. The van der Waals surface area contributed by atoms with Crippen molar-refractivity contribution in [2.24, 2.45) is 5.92 Å². The Labute approximate surface area is 76.2 Å². The third-order valence-electron chi connectivity index (χ3n) is 2.65. The van der Waals surface area contributed by atoms with Crippen LogP contribution in [0.25, 0.3) is 0 Å². The summed E-state index contributed by atoms with van der Waals surface area (Å²) in [4.78, 5) is 0. The van der Waals surface area contributed by atoms with Crippen LogP contribution in [0, 0.1) is 18.3 Å². The third-order valence-corrected chi connectivity index (χ3v) is 2.65. The Kier molecular flexibility index (Phi) is 5.01. The van der Waals surface area contributed by atoms with Gasteiger partial charge in [-0.3, -0.25) is 0 Å². The van der Waals surface area contributed by atoms with Crippen LogP contribution in [-0.4, -0.2) is 10.7 Å². The Hall–Kier alpha value is -0.480. The molecule has 0 bridgehead atoms. The lowest BCUT2D eigenvalue weighted by atomic mass is 9.81. The molecule has 1 nitrogen and oxygen atoms in total. The fourth-order valence-corrected chi connectivity index (χ4v) is 1.54. The largest absolute Gasteiger partial charge is 0.389 e. The van der Waals surface area contributed by atoms with Gasteiger partial charge in [0.15, 0.2) is 0 Å². The zero-order chi connectivity index (χ0) is 9.61. The molecule has 70 valence electrons. The normalized spacial score (nSPS) is 13.9. The van der Waals surface area contributed by atoms with Gasteiger partial charge in [0.2, 0.25) is 0 Å². The zero-order valence-electron chi connectivity index (χ0n) is 8.43. The molecule has 1 unspecified atom stereocenters. The van der Waals surface area contributed by atoms with E-state index in [1.165, 1.54) is 0 Å². The van der Waals surface area contributed by atoms with Crippen LogP contribution in [0.2, 0.25) is 0 Å². The molecule has 0 saturated carbocycles. The second-order valence-corrected chi connectivity index (χ2v) is 3.32. The smallest absolute Gasteiger partial charge is 0.0779 e.